The van der Waals surface area contributed by atoms with E-state index >= 15 is 0 Å². The largest absolute Gasteiger partial charge is 1.00 e. The van der Waals surface area contributed by atoms with Crippen molar-refractivity contribution in [2.45, 2.75) is 24.4 Å². The number of Topliss-reactive ketones (excluding diaryl/α,β-unsaturated/α-hetero) is 1. The number of methoxy groups -OCH3 is 1. The van der Waals surface area contributed by atoms with Crippen LogP contribution in [0.25, 0.3) is 0 Å². The predicted octanol–water partition coefficient (Wildman–Crippen LogP) is 1.14. The first-order chi connectivity index (χ1) is 22.4. The van der Waals surface area contributed by atoms with Gasteiger partial charge in [0.25, 0.3) is 5.69 Å². The number of phenolic OH excluding ortho intramolecular Hbond substituents is 2. The van der Waals surface area contributed by atoms with E-state index in [9.17, 15) is 39.7 Å². The number of phosphoric acid groups is 1. The maximum absolute atomic E-state index is 12.9. The number of non-ortho nitro benzene ring substituents is 1. The molecule has 0 aromatic heterocycles. The first-order valence-corrected chi connectivity index (χ1v) is 15.3. The Kier molecular flexibility index (Phi) is 10.2. The summed E-state index contributed by atoms with van der Waals surface area (Å²) in [5.41, 5.74) is 0.335. The van der Waals surface area contributed by atoms with Crippen molar-refractivity contribution in [3.63, 3.8) is 0 Å². The summed E-state index contributed by atoms with van der Waals surface area (Å²) in [7, 11) is -3.68. The maximum atomic E-state index is 12.9. The number of hydrogen-bond acceptors (Lipinski definition) is 14. The van der Waals surface area contributed by atoms with E-state index in [4.69, 9.17) is 28.0 Å². The molecule has 2 heterocycles. The van der Waals surface area contributed by atoms with Crippen molar-refractivity contribution in [3.8, 4) is 40.2 Å². The van der Waals surface area contributed by atoms with Crippen LogP contribution in [-0.2, 0) is 9.09 Å². The fraction of sp³-hybridized carbons (Fsp3) is 0.194. The van der Waals surface area contributed by atoms with Crippen LogP contribution in [-0.4, -0.2) is 52.0 Å². The summed E-state index contributed by atoms with van der Waals surface area (Å²) in [6, 6.07) is 17.5. The third kappa shape index (κ3) is 7.08. The summed E-state index contributed by atoms with van der Waals surface area (Å²) < 4.78 is 46.3. The Morgan fingerprint density at radius 3 is 2.27 bits per heavy atom. The molecule has 0 saturated heterocycles. The number of aliphatic hydroxyl groups excluding tert-OH is 1. The van der Waals surface area contributed by atoms with E-state index in [0.717, 1.165) is 24.3 Å². The molecular weight excluding hydrogens is 664 g/mol. The quantitative estimate of drug-likeness (QED) is 0.0973. The number of phosphoric ester groups is 1. The molecule has 4 aromatic carbocycles. The third-order valence-corrected chi connectivity index (χ3v) is 8.32. The van der Waals surface area contributed by atoms with Gasteiger partial charge >= 0.3 is 37.4 Å². The third-order valence-electron chi connectivity index (χ3n) is 7.42. The smallest absolute Gasteiger partial charge is 0.746 e. The Morgan fingerprint density at radius 2 is 1.56 bits per heavy atom. The fourth-order valence-corrected chi connectivity index (χ4v) is 5.92. The standard InChI is InChI=1S/C31H26NO14P.Na/c1-41-24-13-16(5-11-20(24)33)30-26(15-42-47(39,40)46-19-9-7-18(8-10-19)32(37)38)43-22-12-6-17(14-25(22)45-30)31-29(36)28(35)27-21(34)3-2-4-23(27)44-31;/h2-14,26,29-31,33-34,36H,15H2,1H3,(H,39,40);/q;+1/p-1/t26?,29-,30?,31+;/m0./s1. The summed E-state index contributed by atoms with van der Waals surface area (Å²) in [4.78, 5) is 35.9. The second-order valence-corrected chi connectivity index (χ2v) is 11.8. The second kappa shape index (κ2) is 14.0. The molecule has 0 aliphatic carbocycles. The number of benzene rings is 4. The Labute approximate surface area is 294 Å². The number of nitrogens with zero attached hydrogens (tertiary/aromatic N) is 1. The Bertz CT molecular complexity index is 1910. The molecule has 3 N–H and O–H groups in total. The SMILES string of the molecule is COc1cc(C2Oc3cc([C@H]4Oc5cccc(O)c5C(=O)[C@@H]4O)ccc3OC2COP(=O)([O-])Oc2ccc([N+](=O)[O-])cc2)ccc1O.[Na+]. The zero-order chi connectivity index (χ0) is 33.5. The summed E-state index contributed by atoms with van der Waals surface area (Å²) >= 11 is 0. The Morgan fingerprint density at radius 1 is 0.875 bits per heavy atom. The molecule has 6 rings (SSSR count). The number of phenols is 2. The molecule has 17 heteroatoms. The molecule has 0 radical (unpaired) electrons. The number of ether oxygens (including phenoxy) is 4. The van der Waals surface area contributed by atoms with Crippen LogP contribution in [0.4, 0.5) is 5.69 Å². The van der Waals surface area contributed by atoms with Crippen LogP contribution in [0.5, 0.6) is 40.2 Å². The number of hydrogen-bond donors (Lipinski definition) is 3. The molecule has 4 aromatic rings. The van der Waals surface area contributed by atoms with Gasteiger partial charge in [-0.05, 0) is 54.1 Å². The molecule has 0 saturated carbocycles. The van der Waals surface area contributed by atoms with Gasteiger partial charge in [-0.15, -0.1) is 0 Å². The summed E-state index contributed by atoms with van der Waals surface area (Å²) in [6.45, 7) is -0.609. The van der Waals surface area contributed by atoms with Gasteiger partial charge < -0.3 is 48.2 Å². The number of ketones is 1. The van der Waals surface area contributed by atoms with Gasteiger partial charge in [0.05, 0.1) is 18.6 Å². The molecular formula is C31H25NNaO14P. The zero-order valence-corrected chi connectivity index (χ0v) is 28.1. The van der Waals surface area contributed by atoms with Gasteiger partial charge in [0.2, 0.25) is 5.78 Å². The molecule has 15 nitrogen and oxygen atoms in total. The number of rotatable bonds is 9. The Hall–Kier alpha value is -4.34. The number of nitro benzene ring substituents is 1. The van der Waals surface area contributed by atoms with E-state index in [2.05, 4.69) is 0 Å². The summed E-state index contributed by atoms with van der Waals surface area (Å²) in [6.07, 6.45) is -4.98. The molecule has 0 bridgehead atoms. The van der Waals surface area contributed by atoms with E-state index in [1.807, 2.05) is 0 Å². The van der Waals surface area contributed by atoms with Crippen LogP contribution in [0.2, 0.25) is 0 Å². The van der Waals surface area contributed by atoms with Crippen molar-refractivity contribution in [1.82, 2.24) is 0 Å². The van der Waals surface area contributed by atoms with E-state index in [1.54, 1.807) is 0 Å². The van der Waals surface area contributed by atoms with Crippen LogP contribution >= 0.6 is 7.82 Å². The van der Waals surface area contributed by atoms with Crippen molar-refractivity contribution in [1.29, 1.82) is 0 Å². The van der Waals surface area contributed by atoms with E-state index < -0.39 is 49.6 Å². The number of carbonyl (C=O) groups is 1. The number of carbonyl (C=O) groups excluding carboxylic acids is 1. The average molecular weight is 689 g/mol. The number of nitro groups is 1. The van der Waals surface area contributed by atoms with Crippen molar-refractivity contribution < 1.29 is 92.0 Å². The predicted molar refractivity (Wildman–Crippen MR) is 158 cm³/mol. The monoisotopic (exact) mass is 689 g/mol. The van der Waals surface area contributed by atoms with Crippen LogP contribution in [0.1, 0.15) is 33.7 Å². The molecule has 0 amide bonds. The van der Waals surface area contributed by atoms with Gasteiger partial charge in [0, 0.05) is 17.7 Å². The van der Waals surface area contributed by atoms with Gasteiger partial charge in [-0.1, -0.05) is 18.2 Å². The molecule has 48 heavy (non-hydrogen) atoms. The van der Waals surface area contributed by atoms with Crippen molar-refractivity contribution in [2.24, 2.45) is 0 Å². The first-order valence-electron chi connectivity index (χ1n) is 13.9. The normalized spacial score (nSPS) is 20.7. The first kappa shape index (κ1) is 35.0. The molecule has 244 valence electrons. The molecule has 2 aliphatic heterocycles. The van der Waals surface area contributed by atoms with Gasteiger partial charge in [-0.25, -0.2) is 0 Å². The van der Waals surface area contributed by atoms with Gasteiger partial charge in [-0.3, -0.25) is 19.5 Å². The molecule has 5 atom stereocenters. The topological polar surface area (TPSA) is 216 Å². The zero-order valence-electron chi connectivity index (χ0n) is 25.2. The van der Waals surface area contributed by atoms with E-state index in [0.29, 0.717) is 11.1 Å². The van der Waals surface area contributed by atoms with Crippen molar-refractivity contribution >= 4 is 19.3 Å². The van der Waals surface area contributed by atoms with Crippen LogP contribution in [0.3, 0.4) is 0 Å². The average Bonchev–Trinajstić information content (AvgIpc) is 3.05. The number of aromatic hydroxyl groups is 2. The van der Waals surface area contributed by atoms with E-state index in [1.165, 1.54) is 61.7 Å². The number of aliphatic hydroxyl groups is 1. The summed E-state index contributed by atoms with van der Waals surface area (Å²) in [5.74, 6) is -0.935. The molecule has 3 unspecified atom stereocenters. The van der Waals surface area contributed by atoms with Crippen molar-refractivity contribution in [2.75, 3.05) is 13.7 Å². The molecule has 0 spiro atoms. The molecule has 2 aliphatic rings. The minimum atomic E-state index is -5.03. The van der Waals surface area contributed by atoms with Gasteiger partial charge in [0.15, 0.2) is 47.4 Å². The maximum Gasteiger partial charge on any atom is 1.00 e. The Balaban J connectivity index is 0.00000451. The number of fused-ring (bicyclic) bond motifs is 2. The second-order valence-electron chi connectivity index (χ2n) is 10.4. The fourth-order valence-electron chi connectivity index (χ4n) is 5.16. The molecule has 0 fully saturated rings. The van der Waals surface area contributed by atoms with Crippen molar-refractivity contribution in [3.05, 3.63) is 106 Å². The van der Waals surface area contributed by atoms with E-state index in [-0.39, 0.29) is 81.1 Å². The van der Waals surface area contributed by atoms with Crippen LogP contribution < -0.4 is 57.9 Å². The summed E-state index contributed by atoms with van der Waals surface area (Å²) in [5, 5.41) is 41.9. The van der Waals surface area contributed by atoms with Gasteiger partial charge in [0.1, 0.15) is 22.8 Å². The van der Waals surface area contributed by atoms with Crippen LogP contribution in [0.15, 0.2) is 78.9 Å². The van der Waals surface area contributed by atoms with Gasteiger partial charge in [-0.2, -0.15) is 0 Å². The minimum absolute atomic E-state index is 0. The minimum Gasteiger partial charge on any atom is -0.746 e. The van der Waals surface area contributed by atoms with Crippen LogP contribution in [0, 0.1) is 10.1 Å².